The number of nitrogens with zero attached hydrogens (tertiary/aromatic N) is 1. The minimum atomic E-state index is -0.0389. The molecule has 2 nitrogen and oxygen atoms in total. The number of anilines is 3. The summed E-state index contributed by atoms with van der Waals surface area (Å²) in [7, 11) is 0. The van der Waals surface area contributed by atoms with E-state index < -0.39 is 0 Å². The lowest BCUT2D eigenvalue weighted by Gasteiger charge is -2.28. The molecule has 0 bridgehead atoms. The van der Waals surface area contributed by atoms with Crippen LogP contribution in [0.15, 0.2) is 158 Å². The van der Waals surface area contributed by atoms with Gasteiger partial charge in [-0.2, -0.15) is 0 Å². The van der Waals surface area contributed by atoms with E-state index in [0.717, 1.165) is 18.5 Å². The van der Waals surface area contributed by atoms with Crippen LogP contribution in [0.3, 0.4) is 0 Å². The largest absolute Gasteiger partial charge is 0.359 e. The maximum Gasteiger partial charge on any atom is 0.130 e. The standard InChI is InChI=1S/C45H34N2/c1-4-14-31(15-5-1)32-24-26-34(27-25-32)43-37-20-10-11-21-38(37)44(33-16-6-2-7-17-33)40-30-35(28-29-39(40)43)45-46-41-22-12-13-23-42(41)47(45)36-18-8-3-9-19-36/h1-9,12-30,45-46H,10-11H2. The molecule has 0 amide bonds. The van der Waals surface area contributed by atoms with E-state index in [-0.39, 0.29) is 6.17 Å². The highest BCUT2D eigenvalue weighted by atomic mass is 15.3. The van der Waals surface area contributed by atoms with Gasteiger partial charge in [0, 0.05) is 5.69 Å². The topological polar surface area (TPSA) is 15.3 Å². The molecule has 47 heavy (non-hydrogen) atoms. The van der Waals surface area contributed by atoms with E-state index in [1.807, 2.05) is 0 Å². The van der Waals surface area contributed by atoms with Crippen LogP contribution in [-0.4, -0.2) is 0 Å². The first kappa shape index (κ1) is 27.5. The summed E-state index contributed by atoms with van der Waals surface area (Å²) in [6.45, 7) is 0. The van der Waals surface area contributed by atoms with Gasteiger partial charge in [-0.05, 0) is 103 Å². The van der Waals surface area contributed by atoms with Gasteiger partial charge < -0.3 is 10.2 Å². The molecule has 0 fully saturated rings. The van der Waals surface area contributed by atoms with E-state index >= 15 is 0 Å². The predicted molar refractivity (Wildman–Crippen MR) is 199 cm³/mol. The molecule has 1 unspecified atom stereocenters. The fourth-order valence-corrected chi connectivity index (χ4v) is 7.55. The van der Waals surface area contributed by atoms with Gasteiger partial charge in [0.05, 0.1) is 11.4 Å². The van der Waals surface area contributed by atoms with Gasteiger partial charge >= 0.3 is 0 Å². The second-order valence-corrected chi connectivity index (χ2v) is 12.4. The molecular weight excluding hydrogens is 569 g/mol. The molecule has 0 saturated heterocycles. The van der Waals surface area contributed by atoms with E-state index in [1.54, 1.807) is 0 Å². The third-order valence-electron chi connectivity index (χ3n) is 9.68. The molecule has 7 aromatic carbocycles. The summed E-state index contributed by atoms with van der Waals surface area (Å²) < 4.78 is 0. The summed E-state index contributed by atoms with van der Waals surface area (Å²) in [6.07, 6.45) is 6.98. The Morgan fingerprint density at radius 1 is 0.468 bits per heavy atom. The molecule has 7 aromatic rings. The highest BCUT2D eigenvalue weighted by Gasteiger charge is 2.31. The first-order valence-electron chi connectivity index (χ1n) is 16.5. The SMILES string of the molecule is C1=c2c(-c3ccc(-c4ccccc4)cc3)c3ccc(C4Nc5ccccc5N4c4ccccc4)cc3c(-c3ccccc3)c2=CCC1. The van der Waals surface area contributed by atoms with Crippen LogP contribution in [0.5, 0.6) is 0 Å². The van der Waals surface area contributed by atoms with E-state index in [1.165, 1.54) is 71.5 Å². The Kier molecular flexibility index (Phi) is 6.71. The molecule has 1 heterocycles. The second kappa shape index (κ2) is 11.5. The molecule has 0 aromatic heterocycles. The molecule has 1 atom stereocenters. The quantitative estimate of drug-likeness (QED) is 0.211. The molecule has 2 heteroatoms. The zero-order valence-corrected chi connectivity index (χ0v) is 26.1. The Morgan fingerprint density at radius 2 is 1.00 bits per heavy atom. The molecular formula is C45H34N2. The van der Waals surface area contributed by atoms with Crippen molar-refractivity contribution in [2.45, 2.75) is 19.0 Å². The van der Waals surface area contributed by atoms with Crippen molar-refractivity contribution in [2.75, 3.05) is 10.2 Å². The minimum absolute atomic E-state index is 0.0389. The van der Waals surface area contributed by atoms with Crippen LogP contribution in [0, 0.1) is 0 Å². The van der Waals surface area contributed by atoms with E-state index in [9.17, 15) is 0 Å². The van der Waals surface area contributed by atoms with Crippen LogP contribution in [0.25, 0.3) is 56.3 Å². The third kappa shape index (κ3) is 4.73. The van der Waals surface area contributed by atoms with E-state index in [2.05, 4.69) is 180 Å². The lowest BCUT2D eigenvalue weighted by atomic mass is 9.85. The normalized spacial score (nSPS) is 14.9. The molecule has 224 valence electrons. The number of para-hydroxylation sites is 3. The van der Waals surface area contributed by atoms with Gasteiger partial charge in [-0.15, -0.1) is 0 Å². The molecule has 1 aliphatic heterocycles. The summed E-state index contributed by atoms with van der Waals surface area (Å²) in [4.78, 5) is 2.43. The van der Waals surface area contributed by atoms with Crippen LogP contribution in [0.2, 0.25) is 0 Å². The van der Waals surface area contributed by atoms with Gasteiger partial charge in [-0.3, -0.25) is 0 Å². The summed E-state index contributed by atoms with van der Waals surface area (Å²) in [6, 6.07) is 57.3. The maximum atomic E-state index is 3.87. The fraction of sp³-hybridized carbons (Fsp3) is 0.0667. The third-order valence-corrected chi connectivity index (χ3v) is 9.68. The van der Waals surface area contributed by atoms with Crippen LogP contribution in [0.4, 0.5) is 17.1 Å². The van der Waals surface area contributed by atoms with Gasteiger partial charge in [0.25, 0.3) is 0 Å². The lowest BCUT2D eigenvalue weighted by Crippen LogP contribution is -2.31. The predicted octanol–water partition coefficient (Wildman–Crippen LogP) is 10.5. The summed E-state index contributed by atoms with van der Waals surface area (Å²) in [5.41, 5.74) is 12.4. The summed E-state index contributed by atoms with van der Waals surface area (Å²) in [5.74, 6) is 0. The van der Waals surface area contributed by atoms with Crippen LogP contribution in [-0.2, 0) is 0 Å². The molecule has 1 aliphatic carbocycles. The molecule has 9 rings (SSSR count). The zero-order chi connectivity index (χ0) is 31.2. The fourth-order valence-electron chi connectivity index (χ4n) is 7.55. The van der Waals surface area contributed by atoms with Crippen molar-refractivity contribution in [3.05, 3.63) is 174 Å². The first-order valence-corrected chi connectivity index (χ1v) is 16.5. The van der Waals surface area contributed by atoms with Crippen molar-refractivity contribution in [1.29, 1.82) is 0 Å². The number of nitrogens with one attached hydrogen (secondary N) is 1. The zero-order valence-electron chi connectivity index (χ0n) is 26.1. The van der Waals surface area contributed by atoms with Gasteiger partial charge in [0.15, 0.2) is 0 Å². The van der Waals surface area contributed by atoms with Crippen LogP contribution < -0.4 is 20.7 Å². The molecule has 1 N–H and O–H groups in total. The number of hydrogen-bond donors (Lipinski definition) is 1. The highest BCUT2D eigenvalue weighted by molar-refractivity contribution is 6.06. The second-order valence-electron chi connectivity index (χ2n) is 12.4. The lowest BCUT2D eigenvalue weighted by molar-refractivity contribution is 0.830. The Hall–Kier alpha value is -5.86. The van der Waals surface area contributed by atoms with Crippen LogP contribution >= 0.6 is 0 Å². The molecule has 0 saturated carbocycles. The smallest absolute Gasteiger partial charge is 0.130 e. The average molecular weight is 603 g/mol. The number of fused-ring (bicyclic) bond motifs is 3. The van der Waals surface area contributed by atoms with Gasteiger partial charge in [-0.25, -0.2) is 0 Å². The Labute approximate surface area is 275 Å². The maximum absolute atomic E-state index is 3.87. The Morgan fingerprint density at radius 3 is 1.70 bits per heavy atom. The molecule has 2 aliphatic rings. The minimum Gasteiger partial charge on any atom is -0.359 e. The van der Waals surface area contributed by atoms with Crippen molar-refractivity contribution in [3.8, 4) is 33.4 Å². The highest BCUT2D eigenvalue weighted by Crippen LogP contribution is 2.46. The molecule has 0 radical (unpaired) electrons. The number of benzene rings is 7. The monoisotopic (exact) mass is 602 g/mol. The summed E-state index contributed by atoms with van der Waals surface area (Å²) in [5, 5.41) is 9.13. The van der Waals surface area contributed by atoms with E-state index in [4.69, 9.17) is 0 Å². The van der Waals surface area contributed by atoms with Gasteiger partial charge in [-0.1, -0.05) is 140 Å². The Balaban J connectivity index is 1.29. The van der Waals surface area contributed by atoms with Gasteiger partial charge in [0.2, 0.25) is 0 Å². The van der Waals surface area contributed by atoms with Gasteiger partial charge in [0.1, 0.15) is 6.17 Å². The van der Waals surface area contributed by atoms with Crippen molar-refractivity contribution in [3.63, 3.8) is 0 Å². The first-order chi connectivity index (χ1) is 23.3. The van der Waals surface area contributed by atoms with Crippen molar-refractivity contribution < 1.29 is 0 Å². The number of hydrogen-bond acceptors (Lipinski definition) is 2. The Bertz CT molecular complexity index is 2360. The number of rotatable bonds is 5. The van der Waals surface area contributed by atoms with Crippen LogP contribution in [0.1, 0.15) is 24.6 Å². The van der Waals surface area contributed by atoms with Crippen molar-refractivity contribution in [1.82, 2.24) is 0 Å². The van der Waals surface area contributed by atoms with Crippen molar-refractivity contribution in [2.24, 2.45) is 0 Å². The average Bonchev–Trinajstić information content (AvgIpc) is 3.54. The summed E-state index contributed by atoms with van der Waals surface area (Å²) >= 11 is 0. The van der Waals surface area contributed by atoms with Crippen molar-refractivity contribution >= 4 is 40.0 Å². The molecule has 0 spiro atoms. The van der Waals surface area contributed by atoms with E-state index in [0.29, 0.717) is 0 Å².